The molecule has 0 unspecified atom stereocenters. The van der Waals surface area contributed by atoms with E-state index in [9.17, 15) is 25.5 Å². The second-order valence-corrected chi connectivity index (χ2v) is 11.7. The smallest absolute Gasteiger partial charge is 0.296 e. The molecule has 0 amide bonds. The number of fused-ring (bicyclic) bond motifs is 2. The van der Waals surface area contributed by atoms with Crippen LogP contribution in [0.4, 0.5) is 0 Å². The van der Waals surface area contributed by atoms with Crippen molar-refractivity contribution in [1.82, 2.24) is 20.3 Å². The van der Waals surface area contributed by atoms with E-state index in [1.54, 1.807) is 6.07 Å². The summed E-state index contributed by atoms with van der Waals surface area (Å²) in [7, 11) is 0. The van der Waals surface area contributed by atoms with E-state index >= 15 is 0 Å². The molecule has 240 valence electrons. The maximum Gasteiger partial charge on any atom is 0.296 e. The van der Waals surface area contributed by atoms with Crippen LogP contribution in [-0.4, -0.2) is 121 Å². The van der Waals surface area contributed by atoms with Crippen LogP contribution < -0.4 is 10.1 Å². The normalized spacial score (nSPS) is 24.0. The molecule has 4 aromatic rings. The van der Waals surface area contributed by atoms with Gasteiger partial charge in [0.25, 0.3) is 6.01 Å². The van der Waals surface area contributed by atoms with Gasteiger partial charge < -0.3 is 55.2 Å². The summed E-state index contributed by atoms with van der Waals surface area (Å²) in [4.78, 5) is 12.2. The van der Waals surface area contributed by atoms with Gasteiger partial charge >= 0.3 is 0 Å². The van der Waals surface area contributed by atoms with Crippen LogP contribution in [0.1, 0.15) is 5.56 Å². The number of rotatable bonds is 12. The summed E-state index contributed by atoms with van der Waals surface area (Å²) in [5, 5.41) is 61.5. The summed E-state index contributed by atoms with van der Waals surface area (Å²) in [6.07, 6.45) is -7.96. The molecule has 14 heteroatoms. The highest BCUT2D eigenvalue weighted by Crippen LogP contribution is 2.33. The number of aliphatic hydroxyl groups excluding tert-OH is 6. The molecule has 2 aromatic heterocycles. The second-order valence-electron chi connectivity index (χ2n) is 11.3. The molecule has 4 heterocycles. The first-order valence-corrected chi connectivity index (χ1v) is 15.0. The Morgan fingerprint density at radius 1 is 0.889 bits per heavy atom. The van der Waals surface area contributed by atoms with Gasteiger partial charge in [-0.2, -0.15) is 4.98 Å². The standard InChI is InChI=1S/C31H35ClN4O9/c32-19-9-20-30(36-31(34-20)45-24-14-44-28-23(40)13-43-29(24)28)35-25(19)18-7-5-17(6-8-18)16-3-1-15(2-4-16)10-33-11-21(38)26(41)27(42)22(39)12-37/h1-9,21-24,26-29,33,37-42H,10-14H2,(H,34,35,36)/t21-,22+,23+,24+,26+,27+,28+,29+/m0/s1. The Morgan fingerprint density at radius 3 is 2.24 bits per heavy atom. The van der Waals surface area contributed by atoms with E-state index in [4.69, 9.17) is 30.9 Å². The van der Waals surface area contributed by atoms with Crippen molar-refractivity contribution in [3.8, 4) is 28.4 Å². The van der Waals surface area contributed by atoms with E-state index in [1.807, 2.05) is 48.5 Å². The fraction of sp³-hybridized carbons (Fsp3) is 0.419. The Morgan fingerprint density at radius 2 is 1.53 bits per heavy atom. The van der Waals surface area contributed by atoms with Crippen molar-refractivity contribution in [2.24, 2.45) is 0 Å². The average molecular weight is 643 g/mol. The lowest BCUT2D eigenvalue weighted by Gasteiger charge is -2.25. The van der Waals surface area contributed by atoms with Gasteiger partial charge in [0.05, 0.1) is 42.2 Å². The molecule has 0 spiro atoms. The summed E-state index contributed by atoms with van der Waals surface area (Å²) in [5.74, 6) is 0. The zero-order valence-corrected chi connectivity index (χ0v) is 24.8. The lowest BCUT2D eigenvalue weighted by Crippen LogP contribution is -2.48. The number of hydrogen-bond donors (Lipinski definition) is 8. The number of nitrogens with zero attached hydrogens (tertiary/aromatic N) is 2. The number of halogens is 1. The zero-order valence-electron chi connectivity index (χ0n) is 24.0. The van der Waals surface area contributed by atoms with Crippen LogP contribution in [0, 0.1) is 0 Å². The van der Waals surface area contributed by atoms with Crippen molar-refractivity contribution in [2.45, 2.75) is 55.4 Å². The van der Waals surface area contributed by atoms with E-state index in [-0.39, 0.29) is 31.9 Å². The molecule has 0 radical (unpaired) electrons. The van der Waals surface area contributed by atoms with E-state index < -0.39 is 49.3 Å². The molecule has 2 aromatic carbocycles. The van der Waals surface area contributed by atoms with Gasteiger partial charge in [-0.15, -0.1) is 0 Å². The Kier molecular flexibility index (Phi) is 9.63. The lowest BCUT2D eigenvalue weighted by molar-refractivity contribution is -0.114. The predicted octanol–water partition coefficient (Wildman–Crippen LogP) is 0.377. The topological polar surface area (TPSA) is 203 Å². The van der Waals surface area contributed by atoms with Crippen molar-refractivity contribution >= 4 is 22.8 Å². The maximum absolute atomic E-state index is 10.1. The van der Waals surface area contributed by atoms with Crippen LogP contribution in [0.2, 0.25) is 5.02 Å². The number of nitrogens with one attached hydrogen (secondary N) is 2. The predicted molar refractivity (Wildman–Crippen MR) is 162 cm³/mol. The zero-order chi connectivity index (χ0) is 31.7. The van der Waals surface area contributed by atoms with Crippen LogP contribution in [0.15, 0.2) is 54.6 Å². The van der Waals surface area contributed by atoms with Gasteiger partial charge in [-0.05, 0) is 22.8 Å². The van der Waals surface area contributed by atoms with Gasteiger partial charge in [0, 0.05) is 18.7 Å². The van der Waals surface area contributed by atoms with Crippen molar-refractivity contribution in [3.63, 3.8) is 0 Å². The number of aliphatic hydroxyl groups is 6. The maximum atomic E-state index is 10.1. The number of ether oxygens (including phenoxy) is 3. The molecule has 0 bridgehead atoms. The molecule has 0 saturated carbocycles. The molecular weight excluding hydrogens is 608 g/mol. The molecule has 2 aliphatic heterocycles. The Balaban J connectivity index is 1.06. The molecule has 45 heavy (non-hydrogen) atoms. The van der Waals surface area contributed by atoms with Gasteiger partial charge in [-0.3, -0.25) is 0 Å². The molecule has 8 N–H and O–H groups in total. The first-order valence-electron chi connectivity index (χ1n) is 14.6. The van der Waals surface area contributed by atoms with Gasteiger partial charge in [0.1, 0.15) is 36.6 Å². The van der Waals surface area contributed by atoms with E-state index in [2.05, 4.69) is 20.3 Å². The van der Waals surface area contributed by atoms with Gasteiger partial charge in [-0.25, -0.2) is 4.98 Å². The molecule has 2 saturated heterocycles. The van der Waals surface area contributed by atoms with Gasteiger partial charge in [-0.1, -0.05) is 60.1 Å². The van der Waals surface area contributed by atoms with Crippen molar-refractivity contribution in [3.05, 3.63) is 65.2 Å². The highest BCUT2D eigenvalue weighted by atomic mass is 35.5. The van der Waals surface area contributed by atoms with Crippen molar-refractivity contribution in [2.75, 3.05) is 26.4 Å². The van der Waals surface area contributed by atoms with Crippen LogP contribution in [0.25, 0.3) is 33.5 Å². The summed E-state index contributed by atoms with van der Waals surface area (Å²) in [6.45, 7) is 0.155. The third-order valence-corrected chi connectivity index (χ3v) is 8.39. The first kappa shape index (κ1) is 31.8. The van der Waals surface area contributed by atoms with Crippen LogP contribution in [0.5, 0.6) is 6.01 Å². The van der Waals surface area contributed by atoms with Crippen molar-refractivity contribution in [1.29, 1.82) is 0 Å². The van der Waals surface area contributed by atoms with Gasteiger partial charge in [0.2, 0.25) is 0 Å². The minimum Gasteiger partial charge on any atom is -0.456 e. The van der Waals surface area contributed by atoms with Crippen molar-refractivity contribution < 1.29 is 44.8 Å². The Bertz CT molecular complexity index is 1590. The molecule has 13 nitrogen and oxygen atoms in total. The first-order chi connectivity index (χ1) is 21.7. The molecule has 2 aliphatic rings. The Hall–Kier alpha value is -3.21. The molecule has 0 aliphatic carbocycles. The number of benzene rings is 2. The number of H-pyrrole nitrogens is 1. The average Bonchev–Trinajstić information content (AvgIpc) is 3.76. The molecule has 8 atom stereocenters. The fourth-order valence-electron chi connectivity index (χ4n) is 5.53. The largest absolute Gasteiger partial charge is 0.456 e. The number of aromatic amines is 1. The van der Waals surface area contributed by atoms with Crippen LogP contribution >= 0.6 is 11.6 Å². The minimum absolute atomic E-state index is 0.0229. The third kappa shape index (κ3) is 6.83. The van der Waals surface area contributed by atoms with E-state index in [0.717, 1.165) is 22.3 Å². The van der Waals surface area contributed by atoms with Gasteiger partial charge in [0.15, 0.2) is 11.8 Å². The molecular formula is C31H35ClN4O9. The van der Waals surface area contributed by atoms with E-state index in [0.29, 0.717) is 28.4 Å². The summed E-state index contributed by atoms with van der Waals surface area (Å²) in [6, 6.07) is 17.6. The van der Waals surface area contributed by atoms with Crippen LogP contribution in [0.3, 0.4) is 0 Å². The number of pyridine rings is 1. The summed E-state index contributed by atoms with van der Waals surface area (Å²) < 4.78 is 17.2. The fourth-order valence-corrected chi connectivity index (χ4v) is 5.79. The molecule has 2 fully saturated rings. The SMILES string of the molecule is OC[C@@H](O)[C@@H](O)[C@H](O)[C@@H](O)CNCc1ccc(-c2ccc(-c3nc4nc(O[C@@H]5CO[C@H]6[C@@H]5OC[C@H]6O)[nH]c4cc3Cl)cc2)cc1. The Labute approximate surface area is 263 Å². The second kappa shape index (κ2) is 13.6. The number of aromatic nitrogens is 3. The monoisotopic (exact) mass is 642 g/mol. The lowest BCUT2D eigenvalue weighted by atomic mass is 10.0. The highest BCUT2D eigenvalue weighted by molar-refractivity contribution is 6.33. The van der Waals surface area contributed by atoms with Crippen LogP contribution in [-0.2, 0) is 16.0 Å². The summed E-state index contributed by atoms with van der Waals surface area (Å²) >= 11 is 6.61. The van der Waals surface area contributed by atoms with E-state index in [1.165, 1.54) is 0 Å². The number of imidazole rings is 1. The third-order valence-electron chi connectivity index (χ3n) is 8.10. The minimum atomic E-state index is -1.66. The summed E-state index contributed by atoms with van der Waals surface area (Å²) in [5.41, 5.74) is 5.37. The highest BCUT2D eigenvalue weighted by Gasteiger charge is 2.48. The number of hydrogen-bond acceptors (Lipinski definition) is 12. The quantitative estimate of drug-likeness (QED) is 0.106. The molecule has 6 rings (SSSR count).